The molecule has 0 spiro atoms. The number of nitrogens with zero attached hydrogens (tertiary/aromatic N) is 2. The molecule has 3 amide bonds. The molecule has 0 aliphatic carbocycles. The zero-order chi connectivity index (χ0) is 21.9. The van der Waals surface area contributed by atoms with E-state index in [4.69, 9.17) is 11.6 Å². The lowest BCUT2D eigenvalue weighted by molar-refractivity contribution is -0.154. The maximum absolute atomic E-state index is 13.2. The molecule has 1 fully saturated rings. The van der Waals surface area contributed by atoms with Crippen molar-refractivity contribution in [2.45, 2.75) is 31.6 Å². The Hall–Kier alpha value is -2.58. The van der Waals surface area contributed by atoms with Crippen molar-refractivity contribution in [3.8, 4) is 0 Å². The number of imide groups is 1. The minimum atomic E-state index is -4.48. The number of carbonyl (C=O) groups is 2. The number of amides is 3. The molecule has 2 aromatic rings. The molecule has 0 saturated carbocycles. The Morgan fingerprint density at radius 1 is 1.07 bits per heavy atom. The summed E-state index contributed by atoms with van der Waals surface area (Å²) < 4.78 is 39.4. The Morgan fingerprint density at radius 2 is 1.70 bits per heavy atom. The number of nitrogens with one attached hydrogen (secondary N) is 1. The van der Waals surface area contributed by atoms with Gasteiger partial charge in [0.2, 0.25) is 0 Å². The van der Waals surface area contributed by atoms with Crippen molar-refractivity contribution in [3.05, 3.63) is 70.7 Å². The number of carbonyl (C=O) groups excluding carboxylic acids is 2. The van der Waals surface area contributed by atoms with E-state index in [0.717, 1.165) is 9.80 Å². The lowest BCUT2D eigenvalue weighted by Gasteiger charge is -2.29. The minimum absolute atomic E-state index is 0.0581. The number of hydrogen-bond acceptors (Lipinski definition) is 3. The summed E-state index contributed by atoms with van der Waals surface area (Å²) in [5, 5.41) is 3.14. The van der Waals surface area contributed by atoms with Crippen molar-refractivity contribution in [3.63, 3.8) is 0 Å². The van der Waals surface area contributed by atoms with Gasteiger partial charge in [-0.1, -0.05) is 61.0 Å². The largest absolute Gasteiger partial charge is 0.401 e. The summed E-state index contributed by atoms with van der Waals surface area (Å²) in [7, 11) is 0. The van der Waals surface area contributed by atoms with Crippen molar-refractivity contribution in [1.82, 2.24) is 15.1 Å². The molecule has 1 saturated heterocycles. The molecule has 1 unspecified atom stereocenters. The number of alkyl halides is 3. The summed E-state index contributed by atoms with van der Waals surface area (Å²) in [6.45, 7) is -0.0569. The first-order valence-electron chi connectivity index (χ1n) is 9.38. The molecule has 0 radical (unpaired) electrons. The van der Waals surface area contributed by atoms with E-state index in [1.165, 1.54) is 0 Å². The molecule has 1 atom stereocenters. The molecule has 0 aromatic heterocycles. The molecule has 2 aromatic carbocycles. The van der Waals surface area contributed by atoms with Crippen LogP contribution in [0.3, 0.4) is 0 Å². The van der Waals surface area contributed by atoms with E-state index in [1.807, 2.05) is 0 Å². The van der Waals surface area contributed by atoms with Crippen LogP contribution in [-0.4, -0.2) is 41.1 Å². The van der Waals surface area contributed by atoms with Crippen LogP contribution in [0.5, 0.6) is 0 Å². The van der Waals surface area contributed by atoms with Crippen molar-refractivity contribution in [2.24, 2.45) is 0 Å². The van der Waals surface area contributed by atoms with E-state index in [1.54, 1.807) is 61.5 Å². The van der Waals surface area contributed by atoms with E-state index in [2.05, 4.69) is 5.32 Å². The predicted octanol–water partition coefficient (Wildman–Crippen LogP) is 4.52. The summed E-state index contributed by atoms with van der Waals surface area (Å²) in [5.41, 5.74) is -0.160. The topological polar surface area (TPSA) is 52.7 Å². The van der Waals surface area contributed by atoms with Gasteiger partial charge in [-0.05, 0) is 29.7 Å². The van der Waals surface area contributed by atoms with Crippen molar-refractivity contribution in [1.29, 1.82) is 0 Å². The average molecular weight is 440 g/mol. The molecule has 1 N–H and O–H groups in total. The van der Waals surface area contributed by atoms with Crippen LogP contribution in [0.4, 0.5) is 18.0 Å². The summed E-state index contributed by atoms with van der Waals surface area (Å²) in [4.78, 5) is 27.7. The highest BCUT2D eigenvalue weighted by Gasteiger charge is 2.51. The quantitative estimate of drug-likeness (QED) is 0.645. The third kappa shape index (κ3) is 4.76. The fraction of sp³-hybridized carbons (Fsp3) is 0.333. The van der Waals surface area contributed by atoms with Gasteiger partial charge in [0.15, 0.2) is 0 Å². The fourth-order valence-corrected chi connectivity index (χ4v) is 3.71. The Labute approximate surface area is 177 Å². The van der Waals surface area contributed by atoms with E-state index < -0.39 is 36.9 Å². The maximum atomic E-state index is 13.2. The maximum Gasteiger partial charge on any atom is 0.401 e. The normalized spacial score (nSPS) is 19.5. The van der Waals surface area contributed by atoms with Crippen LogP contribution < -0.4 is 5.32 Å². The SMILES string of the molecule is CCC1(c2ccc(Cl)cc2)NC(=O)N(CN(Cc2ccccc2)CC(F)(F)F)C1=O. The zero-order valence-electron chi connectivity index (χ0n) is 16.2. The number of rotatable bonds is 7. The average Bonchev–Trinajstić information content (AvgIpc) is 2.93. The highest BCUT2D eigenvalue weighted by atomic mass is 35.5. The standard InChI is InChI=1S/C21H21ClF3N3O2/c1-2-20(16-8-10-17(22)11-9-16)18(29)28(19(30)26-20)14-27(13-21(23,24)25)12-15-6-4-3-5-7-15/h3-11H,2,12-14H2,1H3,(H,26,30). The first kappa shape index (κ1) is 22.1. The number of benzene rings is 2. The first-order valence-corrected chi connectivity index (χ1v) is 9.75. The summed E-state index contributed by atoms with van der Waals surface area (Å²) in [5.74, 6) is -0.586. The fourth-order valence-electron chi connectivity index (χ4n) is 3.58. The third-order valence-corrected chi connectivity index (χ3v) is 5.29. The van der Waals surface area contributed by atoms with Crippen LogP contribution >= 0.6 is 11.6 Å². The van der Waals surface area contributed by atoms with Gasteiger partial charge in [-0.3, -0.25) is 9.69 Å². The monoisotopic (exact) mass is 439 g/mol. The minimum Gasteiger partial charge on any atom is -0.319 e. The summed E-state index contributed by atoms with van der Waals surface area (Å²) in [6.07, 6.45) is -4.24. The van der Waals surface area contributed by atoms with Gasteiger partial charge in [0.1, 0.15) is 5.54 Å². The highest BCUT2D eigenvalue weighted by Crippen LogP contribution is 2.33. The molecule has 30 heavy (non-hydrogen) atoms. The van der Waals surface area contributed by atoms with Gasteiger partial charge in [0.05, 0.1) is 13.2 Å². The molecule has 1 heterocycles. The molecule has 1 aliphatic rings. The van der Waals surface area contributed by atoms with Crippen molar-refractivity contribution < 1.29 is 22.8 Å². The molecular formula is C21H21ClF3N3O2. The number of halogens is 4. The molecular weight excluding hydrogens is 419 g/mol. The van der Waals surface area contributed by atoms with Crippen molar-refractivity contribution in [2.75, 3.05) is 13.2 Å². The lowest BCUT2D eigenvalue weighted by Crippen LogP contribution is -2.46. The molecule has 0 bridgehead atoms. The van der Waals surface area contributed by atoms with Crippen LogP contribution in [0.25, 0.3) is 0 Å². The third-order valence-electron chi connectivity index (χ3n) is 5.04. The van der Waals surface area contributed by atoms with Gasteiger partial charge < -0.3 is 5.32 Å². The second-order valence-corrected chi connectivity index (χ2v) is 7.59. The van der Waals surface area contributed by atoms with Crippen molar-refractivity contribution >= 4 is 23.5 Å². The van der Waals surface area contributed by atoms with Gasteiger partial charge in [0, 0.05) is 11.6 Å². The highest BCUT2D eigenvalue weighted by molar-refractivity contribution is 6.30. The second-order valence-electron chi connectivity index (χ2n) is 7.16. The van der Waals surface area contributed by atoms with E-state index in [-0.39, 0.29) is 13.0 Å². The number of hydrogen-bond donors (Lipinski definition) is 1. The first-order chi connectivity index (χ1) is 14.1. The van der Waals surface area contributed by atoms with Gasteiger partial charge >= 0.3 is 12.2 Å². The zero-order valence-corrected chi connectivity index (χ0v) is 17.0. The van der Waals surface area contributed by atoms with Crippen LogP contribution in [0.15, 0.2) is 54.6 Å². The van der Waals surface area contributed by atoms with Crippen LogP contribution in [-0.2, 0) is 16.9 Å². The Kier molecular flexibility index (Phi) is 6.38. The number of urea groups is 1. The molecule has 3 rings (SSSR count). The molecule has 9 heteroatoms. The summed E-state index contributed by atoms with van der Waals surface area (Å²) >= 11 is 5.91. The van der Waals surface area contributed by atoms with Gasteiger partial charge in [-0.15, -0.1) is 0 Å². The van der Waals surface area contributed by atoms with Gasteiger partial charge in [0.25, 0.3) is 5.91 Å². The Morgan fingerprint density at radius 3 is 2.27 bits per heavy atom. The molecule has 160 valence electrons. The van der Waals surface area contributed by atoms with Crippen LogP contribution in [0, 0.1) is 0 Å². The second kappa shape index (κ2) is 8.65. The van der Waals surface area contributed by atoms with Crippen LogP contribution in [0.1, 0.15) is 24.5 Å². The predicted molar refractivity (Wildman–Crippen MR) is 107 cm³/mol. The van der Waals surface area contributed by atoms with Crippen LogP contribution in [0.2, 0.25) is 5.02 Å². The van der Waals surface area contributed by atoms with E-state index >= 15 is 0 Å². The Balaban J connectivity index is 1.86. The Bertz CT molecular complexity index is 906. The van der Waals surface area contributed by atoms with Gasteiger partial charge in [-0.2, -0.15) is 13.2 Å². The summed E-state index contributed by atoms with van der Waals surface area (Å²) in [6, 6.07) is 14.3. The molecule has 1 aliphatic heterocycles. The van der Waals surface area contributed by atoms with E-state index in [0.29, 0.717) is 16.1 Å². The lowest BCUT2D eigenvalue weighted by atomic mass is 9.87. The smallest absolute Gasteiger partial charge is 0.319 e. The van der Waals surface area contributed by atoms with E-state index in [9.17, 15) is 22.8 Å². The van der Waals surface area contributed by atoms with Gasteiger partial charge in [-0.25, -0.2) is 9.69 Å². The molecule has 5 nitrogen and oxygen atoms in total.